The number of hydrogen-bond donors (Lipinski definition) is 1. The molecule has 1 aromatic carbocycles. The van der Waals surface area contributed by atoms with Crippen molar-refractivity contribution in [2.24, 2.45) is 0 Å². The van der Waals surface area contributed by atoms with E-state index in [1.165, 1.54) is 12.1 Å². The van der Waals surface area contributed by atoms with E-state index in [9.17, 15) is 4.39 Å². The van der Waals surface area contributed by atoms with Crippen LogP contribution in [-0.4, -0.2) is 7.05 Å². The summed E-state index contributed by atoms with van der Waals surface area (Å²) in [5.41, 5.74) is 0.724. The molecule has 0 aromatic heterocycles. The maximum atomic E-state index is 12.6. The third kappa shape index (κ3) is 2.56. The van der Waals surface area contributed by atoms with Gasteiger partial charge < -0.3 is 5.32 Å². The first kappa shape index (κ1) is 10.5. The van der Waals surface area contributed by atoms with E-state index in [4.69, 9.17) is 11.6 Å². The fourth-order valence-corrected chi connectivity index (χ4v) is 0.769. The minimum absolute atomic E-state index is 0. The topological polar surface area (TPSA) is 12.0 Å². The Morgan fingerprint density at radius 2 is 2.09 bits per heavy atom. The van der Waals surface area contributed by atoms with Gasteiger partial charge in [0.15, 0.2) is 0 Å². The minimum Gasteiger partial charge on any atom is -0.388 e. The highest BCUT2D eigenvalue weighted by Crippen LogP contribution is 2.17. The Morgan fingerprint density at radius 3 is 2.55 bits per heavy atom. The first-order chi connectivity index (χ1) is 4.74. The van der Waals surface area contributed by atoms with Gasteiger partial charge in [-0.1, -0.05) is 11.6 Å². The lowest BCUT2D eigenvalue weighted by Gasteiger charge is -1.99. The standard InChI is InChI=1S/C7H7ClFN.ClH/c1-10-5-2-3-6(8)7(9)4-5;/h2-4,10H,1H3;1H. The van der Waals surface area contributed by atoms with Crippen molar-refractivity contribution in [3.63, 3.8) is 0 Å². The molecule has 0 amide bonds. The fraction of sp³-hybridized carbons (Fsp3) is 0.143. The quantitative estimate of drug-likeness (QED) is 0.727. The van der Waals surface area contributed by atoms with E-state index in [-0.39, 0.29) is 17.4 Å². The van der Waals surface area contributed by atoms with Gasteiger partial charge in [0.05, 0.1) is 5.02 Å². The molecule has 0 saturated heterocycles. The molecule has 4 heteroatoms. The van der Waals surface area contributed by atoms with E-state index in [0.717, 1.165) is 5.69 Å². The molecule has 0 spiro atoms. The van der Waals surface area contributed by atoms with Gasteiger partial charge in [-0.25, -0.2) is 4.39 Å². The van der Waals surface area contributed by atoms with Crippen LogP contribution in [0.15, 0.2) is 18.2 Å². The predicted molar refractivity (Wildman–Crippen MR) is 48.2 cm³/mol. The Kier molecular flexibility index (Phi) is 4.23. The molecule has 0 unspecified atom stereocenters. The first-order valence-electron chi connectivity index (χ1n) is 2.87. The maximum Gasteiger partial charge on any atom is 0.143 e. The largest absolute Gasteiger partial charge is 0.388 e. The molecule has 1 N–H and O–H groups in total. The van der Waals surface area contributed by atoms with Crippen molar-refractivity contribution in [1.29, 1.82) is 0 Å². The molecule has 0 saturated carbocycles. The third-order valence-corrected chi connectivity index (χ3v) is 1.51. The summed E-state index contributed by atoms with van der Waals surface area (Å²) in [6.07, 6.45) is 0. The Bertz CT molecular complexity index is 240. The molecule has 62 valence electrons. The van der Waals surface area contributed by atoms with E-state index >= 15 is 0 Å². The molecule has 0 aliphatic heterocycles. The van der Waals surface area contributed by atoms with Gasteiger partial charge in [-0.2, -0.15) is 0 Å². The van der Waals surface area contributed by atoms with Crippen LogP contribution in [0.4, 0.5) is 10.1 Å². The minimum atomic E-state index is -0.395. The number of hydrogen-bond acceptors (Lipinski definition) is 1. The number of rotatable bonds is 1. The number of nitrogens with one attached hydrogen (secondary N) is 1. The SMILES string of the molecule is CNc1ccc(Cl)c(F)c1.Cl. The Labute approximate surface area is 76.0 Å². The van der Waals surface area contributed by atoms with Crippen molar-refractivity contribution < 1.29 is 4.39 Å². The van der Waals surface area contributed by atoms with Crippen molar-refractivity contribution in [1.82, 2.24) is 0 Å². The zero-order valence-electron chi connectivity index (χ0n) is 5.90. The molecule has 0 fully saturated rings. The van der Waals surface area contributed by atoms with Crippen LogP contribution in [0.25, 0.3) is 0 Å². The second-order valence-electron chi connectivity index (χ2n) is 1.88. The van der Waals surface area contributed by atoms with E-state index in [0.29, 0.717) is 0 Å². The van der Waals surface area contributed by atoms with Crippen LogP contribution < -0.4 is 5.32 Å². The molecule has 1 rings (SSSR count). The van der Waals surface area contributed by atoms with Gasteiger partial charge in [0.1, 0.15) is 5.82 Å². The predicted octanol–water partition coefficient (Wildman–Crippen LogP) is 2.94. The molecule has 1 nitrogen and oxygen atoms in total. The van der Waals surface area contributed by atoms with Gasteiger partial charge in [0.25, 0.3) is 0 Å². The van der Waals surface area contributed by atoms with Crippen molar-refractivity contribution in [3.05, 3.63) is 29.0 Å². The average molecular weight is 196 g/mol. The normalized spacial score (nSPS) is 8.64. The zero-order chi connectivity index (χ0) is 7.56. The van der Waals surface area contributed by atoms with Crippen molar-refractivity contribution in [2.45, 2.75) is 0 Å². The fourth-order valence-electron chi connectivity index (χ4n) is 0.652. The van der Waals surface area contributed by atoms with Gasteiger partial charge in [-0.15, -0.1) is 12.4 Å². The van der Waals surface area contributed by atoms with Gasteiger partial charge in [0, 0.05) is 12.7 Å². The molecular formula is C7H8Cl2FN. The van der Waals surface area contributed by atoms with Crippen LogP contribution in [-0.2, 0) is 0 Å². The van der Waals surface area contributed by atoms with Crippen molar-refractivity contribution in [3.8, 4) is 0 Å². The van der Waals surface area contributed by atoms with E-state index in [1.807, 2.05) is 0 Å². The lowest BCUT2D eigenvalue weighted by molar-refractivity contribution is 0.629. The molecule has 0 bridgehead atoms. The molecule has 0 aliphatic rings. The van der Waals surface area contributed by atoms with E-state index in [2.05, 4.69) is 5.32 Å². The second-order valence-corrected chi connectivity index (χ2v) is 2.29. The number of anilines is 1. The summed E-state index contributed by atoms with van der Waals surface area (Å²) in [5.74, 6) is -0.395. The third-order valence-electron chi connectivity index (χ3n) is 1.21. The molecular weight excluding hydrogens is 188 g/mol. The number of benzene rings is 1. The van der Waals surface area contributed by atoms with Gasteiger partial charge >= 0.3 is 0 Å². The molecule has 0 heterocycles. The van der Waals surface area contributed by atoms with Crippen molar-refractivity contribution >= 4 is 29.7 Å². The first-order valence-corrected chi connectivity index (χ1v) is 3.24. The second kappa shape index (κ2) is 4.42. The summed E-state index contributed by atoms with van der Waals surface area (Å²) in [5, 5.41) is 2.95. The summed E-state index contributed by atoms with van der Waals surface area (Å²) in [6.45, 7) is 0. The lowest BCUT2D eigenvalue weighted by atomic mass is 10.3. The van der Waals surface area contributed by atoms with Crippen LogP contribution in [0.1, 0.15) is 0 Å². The van der Waals surface area contributed by atoms with Gasteiger partial charge in [-0.05, 0) is 18.2 Å². The Balaban J connectivity index is 0.000001000. The average Bonchev–Trinajstić information content (AvgIpc) is 1.95. The van der Waals surface area contributed by atoms with Crippen LogP contribution in [0.2, 0.25) is 5.02 Å². The highest BCUT2D eigenvalue weighted by Gasteiger charge is 1.97. The Morgan fingerprint density at radius 1 is 1.45 bits per heavy atom. The highest BCUT2D eigenvalue weighted by molar-refractivity contribution is 6.30. The molecule has 0 aliphatic carbocycles. The lowest BCUT2D eigenvalue weighted by Crippen LogP contribution is -1.88. The summed E-state index contributed by atoms with van der Waals surface area (Å²) in [4.78, 5) is 0. The van der Waals surface area contributed by atoms with E-state index < -0.39 is 5.82 Å². The van der Waals surface area contributed by atoms with Gasteiger partial charge in [0.2, 0.25) is 0 Å². The molecule has 0 atom stereocenters. The van der Waals surface area contributed by atoms with Crippen molar-refractivity contribution in [2.75, 3.05) is 12.4 Å². The smallest absolute Gasteiger partial charge is 0.143 e. The summed E-state index contributed by atoms with van der Waals surface area (Å²) in [6, 6.07) is 4.58. The summed E-state index contributed by atoms with van der Waals surface area (Å²) >= 11 is 5.43. The summed E-state index contributed by atoms with van der Waals surface area (Å²) in [7, 11) is 1.72. The summed E-state index contributed by atoms with van der Waals surface area (Å²) < 4.78 is 12.6. The molecule has 1 aromatic rings. The van der Waals surface area contributed by atoms with Crippen LogP contribution in [0, 0.1) is 5.82 Å². The van der Waals surface area contributed by atoms with Crippen LogP contribution >= 0.6 is 24.0 Å². The molecule has 0 radical (unpaired) electrons. The zero-order valence-corrected chi connectivity index (χ0v) is 7.47. The van der Waals surface area contributed by atoms with Gasteiger partial charge in [-0.3, -0.25) is 0 Å². The van der Waals surface area contributed by atoms with Crippen LogP contribution in [0.5, 0.6) is 0 Å². The van der Waals surface area contributed by atoms with Crippen LogP contribution in [0.3, 0.4) is 0 Å². The maximum absolute atomic E-state index is 12.6. The van der Waals surface area contributed by atoms with E-state index in [1.54, 1.807) is 13.1 Å². The Hall–Kier alpha value is -0.470. The highest BCUT2D eigenvalue weighted by atomic mass is 35.5. The molecule has 11 heavy (non-hydrogen) atoms. The number of halogens is 3. The monoisotopic (exact) mass is 195 g/mol.